The molecule has 212 valence electrons. The molecule has 11 nitrogen and oxygen atoms in total. The summed E-state index contributed by atoms with van der Waals surface area (Å²) in [4.78, 5) is 41.7. The molecular formula is C28H25BrClN5O6. The zero-order valence-corrected chi connectivity index (χ0v) is 24.6. The van der Waals surface area contributed by atoms with Crippen molar-refractivity contribution < 1.29 is 19.2 Å². The molecule has 0 spiro atoms. The Kier molecular flexibility index (Phi) is 9.35. The van der Waals surface area contributed by atoms with Gasteiger partial charge >= 0.3 is 5.69 Å². The highest BCUT2D eigenvalue weighted by Crippen LogP contribution is 2.38. The minimum absolute atomic E-state index is 0.00927. The number of benzene rings is 3. The van der Waals surface area contributed by atoms with E-state index >= 15 is 0 Å². The van der Waals surface area contributed by atoms with Crippen molar-refractivity contribution in [3.63, 3.8) is 0 Å². The summed E-state index contributed by atoms with van der Waals surface area (Å²) < 4.78 is 12.8. The lowest BCUT2D eigenvalue weighted by Gasteiger charge is -2.14. The van der Waals surface area contributed by atoms with Crippen LogP contribution >= 0.6 is 27.5 Å². The lowest BCUT2D eigenvalue weighted by atomic mass is 10.1. The first-order chi connectivity index (χ1) is 19.6. The predicted molar refractivity (Wildman–Crippen MR) is 161 cm³/mol. The maximum atomic E-state index is 13.4. The molecule has 0 saturated heterocycles. The SMILES string of the molecule is CC[C@H](C)c1nc2ccc(Br)cc2c(=O)n1N=Cc1cc(OC)c(OCC(=O)Nc2ccc(Cl)cc2)c([N+](=O)[O-])c1. The lowest BCUT2D eigenvalue weighted by Crippen LogP contribution is -2.23. The fourth-order valence-corrected chi connectivity index (χ4v) is 4.37. The number of methoxy groups -OCH3 is 1. The van der Waals surface area contributed by atoms with Gasteiger partial charge in [-0.05, 0) is 55.0 Å². The van der Waals surface area contributed by atoms with E-state index in [0.29, 0.717) is 38.3 Å². The third-order valence-corrected chi connectivity index (χ3v) is 6.90. The van der Waals surface area contributed by atoms with Crippen LogP contribution in [0.3, 0.4) is 0 Å². The third-order valence-electron chi connectivity index (χ3n) is 6.16. The van der Waals surface area contributed by atoms with Crippen LogP contribution in [-0.2, 0) is 4.79 Å². The minimum atomic E-state index is -0.655. The quantitative estimate of drug-likeness (QED) is 0.125. The number of nitro benzene ring substituents is 1. The number of aromatic nitrogens is 2. The van der Waals surface area contributed by atoms with E-state index in [1.807, 2.05) is 13.8 Å². The number of nitro groups is 1. The number of nitrogens with zero attached hydrogens (tertiary/aromatic N) is 4. The Morgan fingerprint density at radius 2 is 1.98 bits per heavy atom. The summed E-state index contributed by atoms with van der Waals surface area (Å²) in [5.41, 5.74) is 0.469. The van der Waals surface area contributed by atoms with Gasteiger partial charge in [0.1, 0.15) is 5.82 Å². The van der Waals surface area contributed by atoms with E-state index in [1.54, 1.807) is 42.5 Å². The molecule has 13 heteroatoms. The third kappa shape index (κ3) is 6.90. The van der Waals surface area contributed by atoms with Crippen LogP contribution in [0.5, 0.6) is 11.5 Å². The molecule has 0 radical (unpaired) electrons. The normalized spacial score (nSPS) is 11.9. The molecule has 0 aliphatic rings. The highest BCUT2D eigenvalue weighted by atomic mass is 79.9. The molecule has 4 rings (SSSR count). The van der Waals surface area contributed by atoms with Crippen LogP contribution in [-0.4, -0.2) is 40.4 Å². The van der Waals surface area contributed by atoms with E-state index in [2.05, 4.69) is 31.3 Å². The van der Waals surface area contributed by atoms with Gasteiger partial charge in [-0.25, -0.2) is 4.98 Å². The Morgan fingerprint density at radius 1 is 1.24 bits per heavy atom. The number of ether oxygens (including phenoxy) is 2. The zero-order valence-electron chi connectivity index (χ0n) is 22.3. The Balaban J connectivity index is 1.67. The van der Waals surface area contributed by atoms with E-state index < -0.39 is 23.1 Å². The first kappa shape index (κ1) is 29.7. The molecule has 1 amide bonds. The smallest absolute Gasteiger partial charge is 0.315 e. The van der Waals surface area contributed by atoms with Crippen molar-refractivity contribution in [2.24, 2.45) is 5.10 Å². The van der Waals surface area contributed by atoms with Crippen molar-refractivity contribution in [3.8, 4) is 11.5 Å². The van der Waals surface area contributed by atoms with Gasteiger partial charge in [0.2, 0.25) is 5.75 Å². The summed E-state index contributed by atoms with van der Waals surface area (Å²) >= 11 is 9.24. The van der Waals surface area contributed by atoms with Crippen LogP contribution in [0.4, 0.5) is 11.4 Å². The van der Waals surface area contributed by atoms with Crippen LogP contribution in [0.15, 0.2) is 69.0 Å². The minimum Gasteiger partial charge on any atom is -0.493 e. The van der Waals surface area contributed by atoms with Crippen molar-refractivity contribution in [1.82, 2.24) is 9.66 Å². The number of carbonyl (C=O) groups excluding carboxylic acids is 1. The summed E-state index contributed by atoms with van der Waals surface area (Å²) in [5, 5.41) is 19.8. The van der Waals surface area contributed by atoms with Crippen LogP contribution in [0.25, 0.3) is 10.9 Å². The molecular weight excluding hydrogens is 618 g/mol. The molecule has 1 N–H and O–H groups in total. The van der Waals surface area contributed by atoms with Gasteiger partial charge in [0.25, 0.3) is 11.5 Å². The first-order valence-electron chi connectivity index (χ1n) is 12.4. The molecule has 0 unspecified atom stereocenters. The topological polar surface area (TPSA) is 138 Å². The van der Waals surface area contributed by atoms with E-state index in [4.69, 9.17) is 21.1 Å². The number of amides is 1. The van der Waals surface area contributed by atoms with Crippen molar-refractivity contribution >= 4 is 61.9 Å². The molecule has 1 atom stereocenters. The number of hydrogen-bond acceptors (Lipinski definition) is 8. The number of halogens is 2. The number of hydrogen-bond donors (Lipinski definition) is 1. The second kappa shape index (κ2) is 12.9. The van der Waals surface area contributed by atoms with Gasteiger partial charge < -0.3 is 14.8 Å². The molecule has 41 heavy (non-hydrogen) atoms. The number of fused-ring (bicyclic) bond motifs is 1. The number of anilines is 1. The molecule has 1 aromatic heterocycles. The number of carbonyl (C=O) groups is 1. The second-order valence-electron chi connectivity index (χ2n) is 8.97. The molecule has 0 bridgehead atoms. The lowest BCUT2D eigenvalue weighted by molar-refractivity contribution is -0.385. The molecule has 0 saturated carbocycles. The largest absolute Gasteiger partial charge is 0.493 e. The van der Waals surface area contributed by atoms with Gasteiger partial charge in [-0.15, -0.1) is 0 Å². The van der Waals surface area contributed by atoms with E-state index in [0.717, 1.165) is 0 Å². The summed E-state index contributed by atoms with van der Waals surface area (Å²) in [6, 6.07) is 14.3. The monoisotopic (exact) mass is 641 g/mol. The Morgan fingerprint density at radius 3 is 2.63 bits per heavy atom. The fourth-order valence-electron chi connectivity index (χ4n) is 3.89. The maximum absolute atomic E-state index is 13.4. The van der Waals surface area contributed by atoms with Crippen molar-refractivity contribution in [3.05, 3.63) is 95.9 Å². The van der Waals surface area contributed by atoms with Gasteiger partial charge in [0, 0.05) is 32.7 Å². The van der Waals surface area contributed by atoms with Crippen molar-refractivity contribution in [2.75, 3.05) is 19.0 Å². The Bertz CT molecular complexity index is 1710. The average Bonchev–Trinajstić information content (AvgIpc) is 2.96. The van der Waals surface area contributed by atoms with Gasteiger partial charge in [-0.2, -0.15) is 9.78 Å². The second-order valence-corrected chi connectivity index (χ2v) is 10.3. The van der Waals surface area contributed by atoms with Gasteiger partial charge in [0.05, 0.1) is 29.2 Å². The van der Waals surface area contributed by atoms with Gasteiger partial charge in [-0.1, -0.05) is 41.4 Å². The first-order valence-corrected chi connectivity index (χ1v) is 13.6. The zero-order chi connectivity index (χ0) is 29.7. The summed E-state index contributed by atoms with van der Waals surface area (Å²) in [6.45, 7) is 3.39. The number of nitrogens with one attached hydrogen (secondary N) is 1. The predicted octanol–water partition coefficient (Wildman–Crippen LogP) is 6.14. The highest BCUT2D eigenvalue weighted by Gasteiger charge is 2.23. The standard InChI is InChI=1S/C28H25BrClN5O6/c1-4-16(2)27-33-22-10-5-18(29)13-21(22)28(37)34(27)31-14-17-11-23(35(38)39)26(24(12-17)40-3)41-15-25(36)32-20-8-6-19(30)7-9-20/h5-14,16H,4,15H2,1-3H3,(H,32,36)/t16-/m0/s1. The van der Waals surface area contributed by atoms with Crippen LogP contribution in [0, 0.1) is 10.1 Å². The Hall–Kier alpha value is -4.29. The molecule has 0 aliphatic heterocycles. The highest BCUT2D eigenvalue weighted by molar-refractivity contribution is 9.10. The van der Waals surface area contributed by atoms with Crippen LogP contribution in [0.2, 0.25) is 5.02 Å². The van der Waals surface area contributed by atoms with Crippen molar-refractivity contribution in [2.45, 2.75) is 26.2 Å². The maximum Gasteiger partial charge on any atom is 0.315 e. The summed E-state index contributed by atoms with van der Waals surface area (Å²) in [7, 11) is 1.32. The molecule has 0 aliphatic carbocycles. The Labute approximate surface area is 248 Å². The van der Waals surface area contributed by atoms with Gasteiger partial charge in [-0.3, -0.25) is 19.7 Å². The van der Waals surface area contributed by atoms with E-state index in [-0.39, 0.29) is 28.5 Å². The van der Waals surface area contributed by atoms with Crippen molar-refractivity contribution in [1.29, 1.82) is 0 Å². The fraction of sp³-hybridized carbons (Fsp3) is 0.214. The average molecular weight is 643 g/mol. The summed E-state index contributed by atoms with van der Waals surface area (Å²) in [6.07, 6.45) is 2.02. The van der Waals surface area contributed by atoms with Gasteiger partial charge in [0.15, 0.2) is 12.4 Å². The molecule has 1 heterocycles. The van der Waals surface area contributed by atoms with Crippen LogP contribution in [0.1, 0.15) is 37.6 Å². The van der Waals surface area contributed by atoms with E-state index in [9.17, 15) is 19.7 Å². The summed E-state index contributed by atoms with van der Waals surface area (Å²) in [5.74, 6) is -0.393. The molecule has 3 aromatic carbocycles. The molecule has 0 fully saturated rings. The molecule has 4 aromatic rings. The van der Waals surface area contributed by atoms with E-state index in [1.165, 1.54) is 30.1 Å². The number of rotatable bonds is 10. The van der Waals surface area contributed by atoms with Crippen LogP contribution < -0.4 is 20.3 Å².